The van der Waals surface area contributed by atoms with Gasteiger partial charge < -0.3 is 19.5 Å². The van der Waals surface area contributed by atoms with Crippen LogP contribution in [0.15, 0.2) is 18.2 Å². The van der Waals surface area contributed by atoms with Crippen LogP contribution < -0.4 is 4.74 Å². The highest BCUT2D eigenvalue weighted by molar-refractivity contribution is 5.68. The fourth-order valence-corrected chi connectivity index (χ4v) is 3.22. The predicted octanol–water partition coefficient (Wildman–Crippen LogP) is 5.33. The maximum absolute atomic E-state index is 13.0. The van der Waals surface area contributed by atoms with E-state index in [1.54, 1.807) is 20.8 Å². The van der Waals surface area contributed by atoms with Crippen LogP contribution in [-0.2, 0) is 10.9 Å². The molecule has 1 saturated heterocycles. The number of halogens is 6. The van der Waals surface area contributed by atoms with Crippen molar-refractivity contribution < 1.29 is 45.7 Å². The summed E-state index contributed by atoms with van der Waals surface area (Å²) in [5.74, 6) is -1.15. The third-order valence-corrected chi connectivity index (χ3v) is 4.69. The smallest absolute Gasteiger partial charge is 0.422 e. The van der Waals surface area contributed by atoms with Crippen molar-refractivity contribution in [1.82, 2.24) is 4.90 Å². The Morgan fingerprint density at radius 1 is 1.13 bits per heavy atom. The Morgan fingerprint density at radius 3 is 2.19 bits per heavy atom. The Hall–Kier alpha value is -2.17. The van der Waals surface area contributed by atoms with E-state index in [0.717, 1.165) is 6.07 Å². The largest absolute Gasteiger partial charge is 0.484 e. The van der Waals surface area contributed by atoms with E-state index >= 15 is 0 Å². The number of aliphatic hydroxyl groups is 1. The van der Waals surface area contributed by atoms with E-state index in [0.29, 0.717) is 25.0 Å². The lowest BCUT2D eigenvalue weighted by atomic mass is 9.87. The molecule has 1 N–H and O–H groups in total. The summed E-state index contributed by atoms with van der Waals surface area (Å²) in [6.45, 7) is 3.83. The summed E-state index contributed by atoms with van der Waals surface area (Å²) in [6.07, 6.45) is -10.8. The van der Waals surface area contributed by atoms with Crippen LogP contribution >= 0.6 is 0 Å². The molecule has 1 aromatic carbocycles. The van der Waals surface area contributed by atoms with Crippen molar-refractivity contribution >= 4 is 6.09 Å². The quantitative estimate of drug-likeness (QED) is 0.622. The summed E-state index contributed by atoms with van der Waals surface area (Å²) in [6, 6.07) is 2.08. The van der Waals surface area contributed by atoms with Crippen LogP contribution in [0.3, 0.4) is 0 Å². The van der Waals surface area contributed by atoms with Gasteiger partial charge in [0, 0.05) is 18.7 Å². The van der Waals surface area contributed by atoms with Gasteiger partial charge in [-0.25, -0.2) is 4.79 Å². The fraction of sp³-hybridized carbons (Fsp3) is 0.650. The summed E-state index contributed by atoms with van der Waals surface area (Å²) in [5.41, 5.74) is -2.02. The van der Waals surface area contributed by atoms with Crippen molar-refractivity contribution in [3.63, 3.8) is 0 Å². The molecule has 1 aliphatic heterocycles. The summed E-state index contributed by atoms with van der Waals surface area (Å²) in [5, 5.41) is 10.7. The van der Waals surface area contributed by atoms with Gasteiger partial charge in [0.15, 0.2) is 6.61 Å². The molecule has 2 rings (SSSR count). The summed E-state index contributed by atoms with van der Waals surface area (Å²) < 4.78 is 86.4. The van der Waals surface area contributed by atoms with Gasteiger partial charge in [0.1, 0.15) is 11.4 Å². The second kappa shape index (κ2) is 9.13. The van der Waals surface area contributed by atoms with E-state index in [1.165, 1.54) is 4.90 Å². The van der Waals surface area contributed by atoms with Gasteiger partial charge in [-0.3, -0.25) is 0 Å². The fourth-order valence-electron chi connectivity index (χ4n) is 3.22. The van der Waals surface area contributed by atoms with Gasteiger partial charge in [0.25, 0.3) is 0 Å². The van der Waals surface area contributed by atoms with Gasteiger partial charge >= 0.3 is 18.4 Å². The third-order valence-electron chi connectivity index (χ3n) is 4.69. The molecule has 1 atom stereocenters. The average Bonchev–Trinajstić information content (AvgIpc) is 2.63. The van der Waals surface area contributed by atoms with E-state index in [-0.39, 0.29) is 18.7 Å². The number of rotatable bonds is 4. The number of likely N-dealkylation sites (tertiary alicyclic amines) is 1. The molecule has 0 aromatic heterocycles. The van der Waals surface area contributed by atoms with Gasteiger partial charge in [0.05, 0.1) is 11.7 Å². The van der Waals surface area contributed by atoms with Gasteiger partial charge in [0.2, 0.25) is 0 Å². The minimum Gasteiger partial charge on any atom is -0.484 e. The Bertz CT molecular complexity index is 764. The normalized spacial score (nSPS) is 17.4. The Morgan fingerprint density at radius 2 is 1.71 bits per heavy atom. The van der Waals surface area contributed by atoms with Crippen molar-refractivity contribution in [1.29, 1.82) is 0 Å². The van der Waals surface area contributed by atoms with Crippen LogP contribution in [0.2, 0.25) is 0 Å². The standard InChI is InChI=1S/C20H25F6NO4/c1-18(2,3)31-17(29)27-8-6-12(7-9-27)16(28)14-5-4-13(20(24,25)26)10-15(14)30-11-19(21,22)23/h4-5,10,12,16,28H,6-9,11H2,1-3H3. The van der Waals surface area contributed by atoms with Gasteiger partial charge in [-0.05, 0) is 51.7 Å². The lowest BCUT2D eigenvalue weighted by Gasteiger charge is -2.35. The average molecular weight is 457 g/mol. The molecule has 5 nitrogen and oxygen atoms in total. The molecule has 0 spiro atoms. The molecular weight excluding hydrogens is 432 g/mol. The lowest BCUT2D eigenvalue weighted by Crippen LogP contribution is -2.42. The molecule has 1 unspecified atom stereocenters. The highest BCUT2D eigenvalue weighted by Gasteiger charge is 2.36. The number of amides is 1. The van der Waals surface area contributed by atoms with E-state index < -0.39 is 54.0 Å². The zero-order chi connectivity index (χ0) is 23.6. The molecule has 0 aliphatic carbocycles. The van der Waals surface area contributed by atoms with Gasteiger partial charge in [-0.15, -0.1) is 0 Å². The van der Waals surface area contributed by atoms with E-state index in [9.17, 15) is 36.2 Å². The molecule has 0 radical (unpaired) electrons. The molecule has 1 amide bonds. The Kier molecular flexibility index (Phi) is 7.39. The van der Waals surface area contributed by atoms with Crippen molar-refractivity contribution in [2.75, 3.05) is 19.7 Å². The van der Waals surface area contributed by atoms with E-state index in [2.05, 4.69) is 4.74 Å². The van der Waals surface area contributed by atoms with Crippen LogP contribution in [0.1, 0.15) is 50.8 Å². The van der Waals surface area contributed by atoms with Crippen LogP contribution in [0, 0.1) is 5.92 Å². The first-order valence-corrected chi connectivity index (χ1v) is 9.63. The zero-order valence-corrected chi connectivity index (χ0v) is 17.3. The lowest BCUT2D eigenvalue weighted by molar-refractivity contribution is -0.154. The van der Waals surface area contributed by atoms with Crippen LogP contribution in [0.4, 0.5) is 31.1 Å². The highest BCUT2D eigenvalue weighted by Crippen LogP contribution is 2.39. The minimum absolute atomic E-state index is 0.159. The highest BCUT2D eigenvalue weighted by atomic mass is 19.4. The Labute approximate surface area is 175 Å². The number of carbonyl (C=O) groups is 1. The number of carbonyl (C=O) groups excluding carboxylic acids is 1. The summed E-state index contributed by atoms with van der Waals surface area (Å²) >= 11 is 0. The van der Waals surface area contributed by atoms with Crippen molar-refractivity contribution in [2.45, 2.75) is 57.7 Å². The molecule has 11 heteroatoms. The molecule has 1 aliphatic rings. The molecule has 31 heavy (non-hydrogen) atoms. The molecule has 0 bridgehead atoms. The number of hydrogen-bond donors (Lipinski definition) is 1. The number of alkyl halides is 6. The van der Waals surface area contributed by atoms with E-state index in [4.69, 9.17) is 4.74 Å². The summed E-state index contributed by atoms with van der Waals surface area (Å²) in [4.78, 5) is 13.6. The van der Waals surface area contributed by atoms with Crippen molar-refractivity contribution in [2.24, 2.45) is 5.92 Å². The number of hydrogen-bond acceptors (Lipinski definition) is 4. The number of piperidine rings is 1. The number of ether oxygens (including phenoxy) is 2. The Balaban J connectivity index is 2.15. The second-order valence-corrected chi connectivity index (χ2v) is 8.40. The monoisotopic (exact) mass is 457 g/mol. The predicted molar refractivity (Wildman–Crippen MR) is 98.5 cm³/mol. The molecule has 0 saturated carbocycles. The first-order chi connectivity index (χ1) is 14.1. The van der Waals surface area contributed by atoms with Crippen molar-refractivity contribution in [3.05, 3.63) is 29.3 Å². The van der Waals surface area contributed by atoms with Crippen LogP contribution in [0.25, 0.3) is 0 Å². The maximum atomic E-state index is 13.0. The van der Waals surface area contributed by atoms with Crippen LogP contribution in [0.5, 0.6) is 5.75 Å². The number of nitrogens with zero attached hydrogens (tertiary/aromatic N) is 1. The molecule has 1 heterocycles. The maximum Gasteiger partial charge on any atom is 0.422 e. The van der Waals surface area contributed by atoms with Gasteiger partial charge in [-0.1, -0.05) is 6.07 Å². The second-order valence-electron chi connectivity index (χ2n) is 8.40. The summed E-state index contributed by atoms with van der Waals surface area (Å²) in [7, 11) is 0. The van der Waals surface area contributed by atoms with E-state index in [1.807, 2.05) is 0 Å². The zero-order valence-electron chi connectivity index (χ0n) is 17.3. The minimum atomic E-state index is -4.78. The molecule has 176 valence electrons. The first-order valence-electron chi connectivity index (χ1n) is 9.63. The van der Waals surface area contributed by atoms with Gasteiger partial charge in [-0.2, -0.15) is 26.3 Å². The molecular formula is C20H25F6NO4. The topological polar surface area (TPSA) is 59.0 Å². The molecule has 1 aromatic rings. The first kappa shape index (κ1) is 25.1. The number of aliphatic hydroxyl groups excluding tert-OH is 1. The molecule has 1 fully saturated rings. The van der Waals surface area contributed by atoms with Crippen LogP contribution in [-0.4, -0.2) is 47.6 Å². The third kappa shape index (κ3) is 7.48. The number of benzene rings is 1. The van der Waals surface area contributed by atoms with Crippen molar-refractivity contribution in [3.8, 4) is 5.75 Å². The SMILES string of the molecule is CC(C)(C)OC(=O)N1CCC(C(O)c2ccc(C(F)(F)F)cc2OCC(F)(F)F)CC1.